The van der Waals surface area contributed by atoms with E-state index in [2.05, 4.69) is 29.3 Å². The summed E-state index contributed by atoms with van der Waals surface area (Å²) in [6, 6.07) is 12.2. The van der Waals surface area contributed by atoms with Gasteiger partial charge in [0.1, 0.15) is 6.33 Å². The fraction of sp³-hybridized carbons (Fsp3) is 0.278. The van der Waals surface area contributed by atoms with Crippen LogP contribution in [0.1, 0.15) is 17.4 Å². The van der Waals surface area contributed by atoms with Crippen LogP contribution in [0.15, 0.2) is 53.3 Å². The van der Waals surface area contributed by atoms with Crippen molar-refractivity contribution in [1.29, 1.82) is 0 Å². The number of aryl methyl sites for hydroxylation is 1. The molecule has 0 bridgehead atoms. The fourth-order valence-corrected chi connectivity index (χ4v) is 4.11. The Kier molecular flexibility index (Phi) is 5.88. The summed E-state index contributed by atoms with van der Waals surface area (Å²) in [6.45, 7) is 2.77. The zero-order valence-electron chi connectivity index (χ0n) is 14.3. The van der Waals surface area contributed by atoms with Crippen molar-refractivity contribution in [3.8, 4) is 5.69 Å². The molecule has 0 spiro atoms. The van der Waals surface area contributed by atoms with Gasteiger partial charge in [0.15, 0.2) is 5.16 Å². The summed E-state index contributed by atoms with van der Waals surface area (Å²) in [5.74, 6) is 0.422. The van der Waals surface area contributed by atoms with Crippen molar-refractivity contribution in [1.82, 2.24) is 19.7 Å². The van der Waals surface area contributed by atoms with Gasteiger partial charge in [-0.25, -0.2) is 0 Å². The molecule has 7 heteroatoms. The number of hydrogen-bond donors (Lipinski definition) is 0. The molecule has 0 saturated heterocycles. The number of amides is 1. The van der Waals surface area contributed by atoms with E-state index in [0.717, 1.165) is 17.3 Å². The van der Waals surface area contributed by atoms with E-state index in [9.17, 15) is 4.79 Å². The lowest BCUT2D eigenvalue weighted by molar-refractivity contribution is -0.127. The van der Waals surface area contributed by atoms with Crippen LogP contribution in [0.2, 0.25) is 0 Å². The maximum Gasteiger partial charge on any atom is 0.233 e. The molecule has 0 aliphatic heterocycles. The van der Waals surface area contributed by atoms with Crippen molar-refractivity contribution in [3.63, 3.8) is 0 Å². The third kappa shape index (κ3) is 4.29. The predicted octanol–water partition coefficient (Wildman–Crippen LogP) is 3.64. The van der Waals surface area contributed by atoms with E-state index >= 15 is 0 Å². The molecule has 0 atom stereocenters. The number of carbonyl (C=O) groups is 1. The standard InChI is InChI=1S/C18H20N4OS2/c1-3-14-7-4-5-9-16(14)22-13-19-20-18(22)25-12-17(23)21(2)11-15-8-6-10-24-15/h4-10,13H,3,11-12H2,1-2H3. The number of thioether (sulfide) groups is 1. The van der Waals surface area contributed by atoms with Gasteiger partial charge in [0, 0.05) is 11.9 Å². The third-order valence-corrected chi connectivity index (χ3v) is 5.66. The molecule has 3 aromatic rings. The van der Waals surface area contributed by atoms with Crippen LogP contribution in [0.5, 0.6) is 0 Å². The second-order valence-corrected chi connectivity index (χ2v) is 7.56. The lowest BCUT2D eigenvalue weighted by Gasteiger charge is -2.16. The van der Waals surface area contributed by atoms with Crippen LogP contribution in [0.4, 0.5) is 0 Å². The number of aromatic nitrogens is 3. The molecule has 25 heavy (non-hydrogen) atoms. The molecular formula is C18H20N4OS2. The lowest BCUT2D eigenvalue weighted by atomic mass is 10.1. The molecule has 1 amide bonds. The van der Waals surface area contributed by atoms with E-state index in [0.29, 0.717) is 12.3 Å². The molecule has 2 aromatic heterocycles. The van der Waals surface area contributed by atoms with Crippen molar-refractivity contribution in [2.24, 2.45) is 0 Å². The molecule has 2 heterocycles. The zero-order chi connectivity index (χ0) is 17.6. The number of para-hydroxylation sites is 1. The molecule has 0 radical (unpaired) electrons. The Morgan fingerprint density at radius 2 is 2.12 bits per heavy atom. The second-order valence-electron chi connectivity index (χ2n) is 5.58. The molecule has 0 aliphatic rings. The Labute approximate surface area is 155 Å². The van der Waals surface area contributed by atoms with Crippen LogP contribution in [0.3, 0.4) is 0 Å². The van der Waals surface area contributed by atoms with Gasteiger partial charge >= 0.3 is 0 Å². The largest absolute Gasteiger partial charge is 0.340 e. The molecule has 0 unspecified atom stereocenters. The molecule has 5 nitrogen and oxygen atoms in total. The van der Waals surface area contributed by atoms with Gasteiger partial charge < -0.3 is 4.90 Å². The summed E-state index contributed by atoms with van der Waals surface area (Å²) in [4.78, 5) is 15.3. The topological polar surface area (TPSA) is 51.0 Å². The minimum atomic E-state index is 0.0803. The van der Waals surface area contributed by atoms with Gasteiger partial charge in [-0.1, -0.05) is 43.0 Å². The predicted molar refractivity (Wildman–Crippen MR) is 102 cm³/mol. The van der Waals surface area contributed by atoms with Crippen molar-refractivity contribution < 1.29 is 4.79 Å². The summed E-state index contributed by atoms with van der Waals surface area (Å²) in [7, 11) is 1.83. The van der Waals surface area contributed by atoms with Gasteiger partial charge in [-0.15, -0.1) is 21.5 Å². The molecule has 130 valence electrons. The number of nitrogens with zero attached hydrogens (tertiary/aromatic N) is 4. The summed E-state index contributed by atoms with van der Waals surface area (Å²) in [5.41, 5.74) is 2.29. The monoisotopic (exact) mass is 372 g/mol. The smallest absolute Gasteiger partial charge is 0.233 e. The Balaban J connectivity index is 1.66. The Bertz CT molecular complexity index is 829. The average Bonchev–Trinajstić information content (AvgIpc) is 3.31. The molecule has 0 aliphatic carbocycles. The number of thiophene rings is 1. The normalized spacial score (nSPS) is 10.8. The zero-order valence-corrected chi connectivity index (χ0v) is 15.9. The summed E-state index contributed by atoms with van der Waals surface area (Å²) in [5, 5.41) is 11.0. The van der Waals surface area contributed by atoms with Crippen LogP contribution >= 0.6 is 23.1 Å². The van der Waals surface area contributed by atoms with Gasteiger partial charge in [0.05, 0.1) is 18.0 Å². The third-order valence-electron chi connectivity index (χ3n) is 3.87. The lowest BCUT2D eigenvalue weighted by Crippen LogP contribution is -2.27. The van der Waals surface area contributed by atoms with Crippen LogP contribution in [0, 0.1) is 0 Å². The number of hydrogen-bond acceptors (Lipinski definition) is 5. The highest BCUT2D eigenvalue weighted by atomic mass is 32.2. The molecule has 3 rings (SSSR count). The van der Waals surface area contributed by atoms with Crippen molar-refractivity contribution in [2.45, 2.75) is 25.0 Å². The Hall–Kier alpha value is -2.12. The van der Waals surface area contributed by atoms with Crippen LogP contribution < -0.4 is 0 Å². The van der Waals surface area contributed by atoms with Gasteiger partial charge in [-0.2, -0.15) is 0 Å². The molecule has 0 saturated carbocycles. The van der Waals surface area contributed by atoms with E-state index < -0.39 is 0 Å². The summed E-state index contributed by atoms with van der Waals surface area (Å²) >= 11 is 3.08. The van der Waals surface area contributed by atoms with E-state index in [-0.39, 0.29) is 5.91 Å². The second kappa shape index (κ2) is 8.31. The van der Waals surface area contributed by atoms with Gasteiger partial charge in [-0.05, 0) is 29.5 Å². The highest BCUT2D eigenvalue weighted by Crippen LogP contribution is 2.23. The Morgan fingerprint density at radius 1 is 1.28 bits per heavy atom. The first-order valence-corrected chi connectivity index (χ1v) is 9.93. The first kappa shape index (κ1) is 17.7. The van der Waals surface area contributed by atoms with Crippen molar-refractivity contribution >= 4 is 29.0 Å². The number of carbonyl (C=O) groups excluding carboxylic acids is 1. The number of benzene rings is 1. The summed E-state index contributed by atoms with van der Waals surface area (Å²) < 4.78 is 1.95. The quantitative estimate of drug-likeness (QED) is 0.594. The molecule has 0 N–H and O–H groups in total. The Morgan fingerprint density at radius 3 is 2.88 bits per heavy atom. The van der Waals surface area contributed by atoms with E-state index in [1.807, 2.05) is 41.3 Å². The van der Waals surface area contributed by atoms with Gasteiger partial charge in [-0.3, -0.25) is 9.36 Å². The SMILES string of the molecule is CCc1ccccc1-n1cnnc1SCC(=O)N(C)Cc1cccs1. The highest BCUT2D eigenvalue weighted by molar-refractivity contribution is 7.99. The summed E-state index contributed by atoms with van der Waals surface area (Å²) in [6.07, 6.45) is 2.64. The van der Waals surface area contributed by atoms with Gasteiger partial charge in [0.2, 0.25) is 5.91 Å². The average molecular weight is 373 g/mol. The van der Waals surface area contributed by atoms with Crippen molar-refractivity contribution in [2.75, 3.05) is 12.8 Å². The van der Waals surface area contributed by atoms with Gasteiger partial charge in [0.25, 0.3) is 0 Å². The van der Waals surface area contributed by atoms with Crippen LogP contribution in [-0.4, -0.2) is 38.4 Å². The van der Waals surface area contributed by atoms with E-state index in [1.165, 1.54) is 22.2 Å². The highest BCUT2D eigenvalue weighted by Gasteiger charge is 2.15. The molecular weight excluding hydrogens is 352 g/mol. The first-order valence-electron chi connectivity index (χ1n) is 8.06. The van der Waals surface area contributed by atoms with Crippen LogP contribution in [0.25, 0.3) is 5.69 Å². The minimum Gasteiger partial charge on any atom is -0.340 e. The van der Waals surface area contributed by atoms with Crippen molar-refractivity contribution in [3.05, 3.63) is 58.5 Å². The minimum absolute atomic E-state index is 0.0803. The maximum atomic E-state index is 12.4. The van der Waals surface area contributed by atoms with E-state index in [1.54, 1.807) is 22.6 Å². The maximum absolute atomic E-state index is 12.4. The first-order chi connectivity index (χ1) is 12.2. The van der Waals surface area contributed by atoms with Crippen LogP contribution in [-0.2, 0) is 17.8 Å². The molecule has 1 aromatic carbocycles. The number of rotatable bonds is 7. The molecule has 0 fully saturated rings. The van der Waals surface area contributed by atoms with E-state index in [4.69, 9.17) is 0 Å². The fourth-order valence-electron chi connectivity index (χ4n) is 2.49.